The van der Waals surface area contributed by atoms with Gasteiger partial charge in [-0.3, -0.25) is 4.90 Å². The third-order valence-corrected chi connectivity index (χ3v) is 3.74. The average Bonchev–Trinajstić information content (AvgIpc) is 2.23. The number of piperidine rings is 1. The Morgan fingerprint density at radius 1 is 1.00 bits per heavy atom. The van der Waals surface area contributed by atoms with Crippen LogP contribution in [-0.4, -0.2) is 22.5 Å². The fraction of sp³-hybridized carbons (Fsp3) is 1.00. The molecule has 1 nitrogen and oxygen atoms in total. The molecule has 2 rings (SSSR count). The average molecular weight is 181 g/mol. The van der Waals surface area contributed by atoms with Crippen molar-refractivity contribution in [3.05, 3.63) is 0 Å². The maximum absolute atomic E-state index is 2.78. The van der Waals surface area contributed by atoms with Gasteiger partial charge in [0.1, 0.15) is 0 Å². The normalized spacial score (nSPS) is 41.1. The Morgan fingerprint density at radius 2 is 1.46 bits per heavy atom. The monoisotopic (exact) mass is 181 g/mol. The van der Waals surface area contributed by atoms with Gasteiger partial charge in [-0.2, -0.15) is 0 Å². The van der Waals surface area contributed by atoms with Crippen LogP contribution in [0.5, 0.6) is 0 Å². The van der Waals surface area contributed by atoms with E-state index in [9.17, 15) is 0 Å². The smallest absolute Gasteiger partial charge is 0.0130 e. The van der Waals surface area contributed by atoms with Crippen molar-refractivity contribution in [3.63, 3.8) is 0 Å². The van der Waals surface area contributed by atoms with Crippen molar-refractivity contribution in [2.45, 2.75) is 71.0 Å². The minimum atomic E-state index is 0.395. The fourth-order valence-corrected chi connectivity index (χ4v) is 3.54. The second kappa shape index (κ2) is 2.98. The SMILES string of the molecule is CC1CC2CC[C@H](C1)N2C(C)(C)C. The molecule has 0 saturated carbocycles. The highest BCUT2D eigenvalue weighted by molar-refractivity contribution is 4.99. The van der Waals surface area contributed by atoms with Gasteiger partial charge in [-0.25, -0.2) is 0 Å². The summed E-state index contributed by atoms with van der Waals surface area (Å²) in [6.45, 7) is 9.53. The van der Waals surface area contributed by atoms with Crippen LogP contribution in [0.2, 0.25) is 0 Å². The van der Waals surface area contributed by atoms with Gasteiger partial charge in [0.15, 0.2) is 0 Å². The van der Waals surface area contributed by atoms with Gasteiger partial charge in [0, 0.05) is 17.6 Å². The molecule has 0 amide bonds. The van der Waals surface area contributed by atoms with E-state index in [1.807, 2.05) is 0 Å². The Hall–Kier alpha value is -0.0400. The molecule has 1 heteroatoms. The fourth-order valence-electron chi connectivity index (χ4n) is 3.54. The molecule has 13 heavy (non-hydrogen) atoms. The molecule has 2 saturated heterocycles. The molecule has 0 aliphatic carbocycles. The Bertz CT molecular complexity index is 178. The predicted molar refractivity (Wildman–Crippen MR) is 56.8 cm³/mol. The minimum Gasteiger partial charge on any atom is -0.293 e. The molecule has 0 radical (unpaired) electrons. The van der Waals surface area contributed by atoms with E-state index in [1.54, 1.807) is 0 Å². The molecule has 2 aliphatic heterocycles. The first-order valence-electron chi connectivity index (χ1n) is 5.77. The summed E-state index contributed by atoms with van der Waals surface area (Å²) in [6, 6.07) is 1.79. The Balaban J connectivity index is 2.15. The van der Waals surface area contributed by atoms with Gasteiger partial charge in [0.25, 0.3) is 0 Å². The Labute approximate surface area is 82.5 Å². The topological polar surface area (TPSA) is 3.24 Å². The predicted octanol–water partition coefficient (Wildman–Crippen LogP) is 3.05. The molecular weight excluding hydrogens is 158 g/mol. The van der Waals surface area contributed by atoms with E-state index in [0.29, 0.717) is 5.54 Å². The zero-order valence-corrected chi connectivity index (χ0v) is 9.51. The van der Waals surface area contributed by atoms with Crippen molar-refractivity contribution in [1.29, 1.82) is 0 Å². The Kier molecular flexibility index (Phi) is 2.18. The second-order valence-electron chi connectivity index (χ2n) is 6.04. The summed E-state index contributed by atoms with van der Waals surface area (Å²) in [5, 5.41) is 0. The summed E-state index contributed by atoms with van der Waals surface area (Å²) in [5.41, 5.74) is 0.395. The molecule has 0 aromatic carbocycles. The quantitative estimate of drug-likeness (QED) is 0.555. The summed E-state index contributed by atoms with van der Waals surface area (Å²) in [7, 11) is 0. The molecule has 0 N–H and O–H groups in total. The van der Waals surface area contributed by atoms with Crippen LogP contribution in [0.1, 0.15) is 53.4 Å². The molecule has 2 fully saturated rings. The van der Waals surface area contributed by atoms with Crippen LogP contribution < -0.4 is 0 Å². The number of hydrogen-bond acceptors (Lipinski definition) is 1. The van der Waals surface area contributed by atoms with Gasteiger partial charge in [0.05, 0.1) is 0 Å². The zero-order chi connectivity index (χ0) is 9.64. The molecule has 76 valence electrons. The lowest BCUT2D eigenvalue weighted by Crippen LogP contribution is -2.52. The lowest BCUT2D eigenvalue weighted by molar-refractivity contribution is 0.0258. The lowest BCUT2D eigenvalue weighted by Gasteiger charge is -2.46. The highest BCUT2D eigenvalue weighted by atomic mass is 15.3. The summed E-state index contributed by atoms with van der Waals surface area (Å²) in [5.74, 6) is 0.969. The molecule has 2 bridgehead atoms. The summed E-state index contributed by atoms with van der Waals surface area (Å²) in [6.07, 6.45) is 5.78. The number of nitrogens with zero attached hydrogens (tertiary/aromatic N) is 1. The van der Waals surface area contributed by atoms with Crippen molar-refractivity contribution in [2.75, 3.05) is 0 Å². The van der Waals surface area contributed by atoms with Crippen LogP contribution in [0.3, 0.4) is 0 Å². The minimum absolute atomic E-state index is 0.395. The van der Waals surface area contributed by atoms with Gasteiger partial charge in [-0.1, -0.05) is 6.92 Å². The number of rotatable bonds is 0. The molecular formula is C12H23N. The summed E-state index contributed by atoms with van der Waals surface area (Å²) in [4.78, 5) is 2.78. The van der Waals surface area contributed by atoms with E-state index in [0.717, 1.165) is 18.0 Å². The van der Waals surface area contributed by atoms with Gasteiger partial charge in [-0.15, -0.1) is 0 Å². The van der Waals surface area contributed by atoms with Crippen LogP contribution >= 0.6 is 0 Å². The highest BCUT2D eigenvalue weighted by Gasteiger charge is 2.43. The van der Waals surface area contributed by atoms with Crippen LogP contribution in [0, 0.1) is 5.92 Å². The second-order valence-corrected chi connectivity index (χ2v) is 6.04. The van der Waals surface area contributed by atoms with Gasteiger partial charge < -0.3 is 0 Å². The molecule has 0 aromatic rings. The van der Waals surface area contributed by atoms with Crippen molar-refractivity contribution in [1.82, 2.24) is 4.90 Å². The van der Waals surface area contributed by atoms with E-state index < -0.39 is 0 Å². The number of fused-ring (bicyclic) bond motifs is 2. The third-order valence-electron chi connectivity index (χ3n) is 3.74. The van der Waals surface area contributed by atoms with Gasteiger partial charge >= 0.3 is 0 Å². The van der Waals surface area contributed by atoms with E-state index >= 15 is 0 Å². The lowest BCUT2D eigenvalue weighted by atomic mass is 9.88. The molecule has 2 unspecified atom stereocenters. The zero-order valence-electron chi connectivity index (χ0n) is 9.51. The summed E-state index contributed by atoms with van der Waals surface area (Å²) >= 11 is 0. The summed E-state index contributed by atoms with van der Waals surface area (Å²) < 4.78 is 0. The van der Waals surface area contributed by atoms with Crippen LogP contribution in [0.15, 0.2) is 0 Å². The maximum atomic E-state index is 2.78. The highest BCUT2D eigenvalue weighted by Crippen LogP contribution is 2.42. The molecule has 2 heterocycles. The third kappa shape index (κ3) is 1.63. The van der Waals surface area contributed by atoms with Crippen LogP contribution in [0.25, 0.3) is 0 Å². The van der Waals surface area contributed by atoms with Crippen molar-refractivity contribution in [2.24, 2.45) is 5.92 Å². The molecule has 2 aliphatic rings. The number of hydrogen-bond donors (Lipinski definition) is 0. The maximum Gasteiger partial charge on any atom is 0.0130 e. The van der Waals surface area contributed by atoms with E-state index in [2.05, 4.69) is 32.6 Å². The first-order chi connectivity index (χ1) is 5.98. The largest absolute Gasteiger partial charge is 0.293 e. The van der Waals surface area contributed by atoms with E-state index in [4.69, 9.17) is 0 Å². The molecule has 0 spiro atoms. The van der Waals surface area contributed by atoms with Crippen molar-refractivity contribution in [3.8, 4) is 0 Å². The van der Waals surface area contributed by atoms with E-state index in [1.165, 1.54) is 25.7 Å². The van der Waals surface area contributed by atoms with Gasteiger partial charge in [0.2, 0.25) is 0 Å². The first-order valence-corrected chi connectivity index (χ1v) is 5.77. The first kappa shape index (κ1) is 9.51. The standard InChI is InChI=1S/C12H23N/c1-9-7-10-5-6-11(8-9)13(10)12(2,3)4/h9-11H,5-8H2,1-4H3/t9?,10-,11?/m1/s1. The van der Waals surface area contributed by atoms with Crippen LogP contribution in [0.4, 0.5) is 0 Å². The Morgan fingerprint density at radius 3 is 1.85 bits per heavy atom. The van der Waals surface area contributed by atoms with Crippen LogP contribution in [-0.2, 0) is 0 Å². The molecule has 0 aromatic heterocycles. The van der Waals surface area contributed by atoms with E-state index in [-0.39, 0.29) is 0 Å². The molecule has 3 atom stereocenters. The van der Waals surface area contributed by atoms with Crippen molar-refractivity contribution < 1.29 is 0 Å². The van der Waals surface area contributed by atoms with Crippen molar-refractivity contribution >= 4 is 0 Å². The van der Waals surface area contributed by atoms with Gasteiger partial charge in [-0.05, 0) is 52.4 Å².